The fraction of sp³-hybridized carbons (Fsp3) is 0.211. The number of aromatic nitrogens is 2. The van der Waals surface area contributed by atoms with Crippen molar-refractivity contribution in [2.24, 2.45) is 0 Å². The van der Waals surface area contributed by atoms with E-state index in [1.165, 1.54) is 30.8 Å². The minimum atomic E-state index is -0.241. The van der Waals surface area contributed by atoms with E-state index in [1.807, 2.05) is 18.2 Å². The minimum absolute atomic E-state index is 0.241. The van der Waals surface area contributed by atoms with E-state index in [0.717, 1.165) is 35.6 Å². The molecular weight excluding hydrogens is 289 g/mol. The van der Waals surface area contributed by atoms with Gasteiger partial charge in [0, 0.05) is 36.1 Å². The molecule has 1 aliphatic heterocycles. The highest BCUT2D eigenvalue weighted by Gasteiger charge is 2.13. The Balaban J connectivity index is 1.54. The van der Waals surface area contributed by atoms with Gasteiger partial charge >= 0.3 is 0 Å². The summed E-state index contributed by atoms with van der Waals surface area (Å²) >= 11 is 0. The quantitative estimate of drug-likeness (QED) is 0.755. The number of anilines is 2. The molecule has 0 amide bonds. The van der Waals surface area contributed by atoms with Gasteiger partial charge in [0.15, 0.2) is 0 Å². The Morgan fingerprint density at radius 3 is 2.65 bits per heavy atom. The van der Waals surface area contributed by atoms with Crippen LogP contribution in [-0.4, -0.2) is 9.55 Å². The van der Waals surface area contributed by atoms with E-state index in [0.29, 0.717) is 0 Å². The molecule has 0 fully saturated rings. The van der Waals surface area contributed by atoms with Crippen LogP contribution in [0.1, 0.15) is 18.7 Å². The zero-order valence-electron chi connectivity index (χ0n) is 12.8. The molecule has 0 unspecified atom stereocenters. The van der Waals surface area contributed by atoms with Crippen LogP contribution in [0.25, 0.3) is 11.3 Å². The molecule has 0 saturated heterocycles. The second kappa shape index (κ2) is 5.88. The van der Waals surface area contributed by atoms with Crippen LogP contribution in [0.2, 0.25) is 0 Å². The number of hydrogen-bond donors (Lipinski definition) is 1. The Morgan fingerprint density at radius 1 is 1.00 bits per heavy atom. The number of hydrogen-bond acceptors (Lipinski definition) is 2. The molecule has 2 aromatic carbocycles. The first kappa shape index (κ1) is 14.0. The molecule has 1 aliphatic rings. The summed E-state index contributed by atoms with van der Waals surface area (Å²) in [4.78, 5) is 4.74. The first-order valence-electron chi connectivity index (χ1n) is 7.97. The number of halogens is 1. The summed E-state index contributed by atoms with van der Waals surface area (Å²) in [5.41, 5.74) is 3.81. The summed E-state index contributed by atoms with van der Waals surface area (Å²) in [6.07, 6.45) is 5.68. The van der Waals surface area contributed by atoms with Crippen molar-refractivity contribution in [3.05, 3.63) is 66.4 Å². The molecule has 0 aliphatic carbocycles. The number of rotatable bonds is 3. The zero-order valence-corrected chi connectivity index (χ0v) is 12.8. The maximum absolute atomic E-state index is 13.2. The number of aryl methyl sites for hydroxylation is 2. The van der Waals surface area contributed by atoms with Crippen LogP contribution in [0.15, 0.2) is 54.7 Å². The van der Waals surface area contributed by atoms with Crippen LogP contribution in [-0.2, 0) is 13.0 Å². The maximum atomic E-state index is 13.2. The van der Waals surface area contributed by atoms with Crippen molar-refractivity contribution in [2.45, 2.75) is 25.8 Å². The lowest BCUT2D eigenvalue weighted by Crippen LogP contribution is -2.08. The normalized spacial score (nSPS) is 13.6. The smallest absolute Gasteiger partial charge is 0.125 e. The standard InChI is InChI=1S/C19H18FN3/c20-15-4-3-5-17(12-15)21-16-9-7-14(8-10-16)18-13-23-11-2-1-6-19(23)22-18/h3-5,7-10,12-13,21H,1-2,6,11H2. The van der Waals surface area contributed by atoms with E-state index in [1.54, 1.807) is 6.07 Å². The highest BCUT2D eigenvalue weighted by atomic mass is 19.1. The SMILES string of the molecule is Fc1cccc(Nc2ccc(-c3cn4c(n3)CCCC4)cc2)c1. The van der Waals surface area contributed by atoms with Gasteiger partial charge in [0.1, 0.15) is 11.6 Å². The van der Waals surface area contributed by atoms with Crippen LogP contribution in [0.5, 0.6) is 0 Å². The summed E-state index contributed by atoms with van der Waals surface area (Å²) in [6.45, 7) is 1.07. The number of imidazole rings is 1. The van der Waals surface area contributed by atoms with E-state index in [4.69, 9.17) is 4.98 Å². The van der Waals surface area contributed by atoms with Gasteiger partial charge in [-0.05, 0) is 43.2 Å². The van der Waals surface area contributed by atoms with Crippen LogP contribution in [0.3, 0.4) is 0 Å². The molecule has 23 heavy (non-hydrogen) atoms. The molecule has 4 rings (SSSR count). The van der Waals surface area contributed by atoms with Gasteiger partial charge in [-0.2, -0.15) is 0 Å². The van der Waals surface area contributed by atoms with Crippen LogP contribution < -0.4 is 5.32 Å². The van der Waals surface area contributed by atoms with E-state index < -0.39 is 0 Å². The van der Waals surface area contributed by atoms with Gasteiger partial charge in [0.25, 0.3) is 0 Å². The van der Waals surface area contributed by atoms with Crippen molar-refractivity contribution in [1.82, 2.24) is 9.55 Å². The van der Waals surface area contributed by atoms with Crippen molar-refractivity contribution >= 4 is 11.4 Å². The molecule has 4 heteroatoms. The third kappa shape index (κ3) is 2.97. The molecular formula is C19H18FN3. The van der Waals surface area contributed by atoms with Crippen LogP contribution in [0.4, 0.5) is 15.8 Å². The highest BCUT2D eigenvalue weighted by molar-refractivity contribution is 5.66. The van der Waals surface area contributed by atoms with Gasteiger partial charge in [0.05, 0.1) is 5.69 Å². The summed E-state index contributed by atoms with van der Waals surface area (Å²) in [7, 11) is 0. The Hall–Kier alpha value is -2.62. The monoisotopic (exact) mass is 307 g/mol. The maximum Gasteiger partial charge on any atom is 0.125 e. The Bertz CT molecular complexity index is 797. The first-order chi connectivity index (χ1) is 11.3. The van der Waals surface area contributed by atoms with Gasteiger partial charge in [-0.15, -0.1) is 0 Å². The van der Waals surface area contributed by atoms with Crippen molar-refractivity contribution < 1.29 is 4.39 Å². The van der Waals surface area contributed by atoms with Crippen molar-refractivity contribution in [3.63, 3.8) is 0 Å². The Labute approximate surface area is 134 Å². The summed E-state index contributed by atoms with van der Waals surface area (Å²) in [5, 5.41) is 3.21. The average Bonchev–Trinajstić information content (AvgIpc) is 2.99. The number of fused-ring (bicyclic) bond motifs is 1. The molecule has 0 atom stereocenters. The molecule has 3 aromatic rings. The molecule has 0 bridgehead atoms. The van der Waals surface area contributed by atoms with Gasteiger partial charge < -0.3 is 9.88 Å². The van der Waals surface area contributed by atoms with E-state index in [9.17, 15) is 4.39 Å². The summed E-state index contributed by atoms with van der Waals surface area (Å²) in [5.74, 6) is 0.948. The molecule has 1 N–H and O–H groups in total. The summed E-state index contributed by atoms with van der Waals surface area (Å²) < 4.78 is 15.5. The topological polar surface area (TPSA) is 29.9 Å². The molecule has 3 nitrogen and oxygen atoms in total. The van der Waals surface area contributed by atoms with Gasteiger partial charge in [-0.25, -0.2) is 9.37 Å². The lowest BCUT2D eigenvalue weighted by molar-refractivity contribution is 0.522. The largest absolute Gasteiger partial charge is 0.355 e. The fourth-order valence-electron chi connectivity index (χ4n) is 3.01. The van der Waals surface area contributed by atoms with E-state index in [2.05, 4.69) is 28.2 Å². The third-order valence-electron chi connectivity index (χ3n) is 4.20. The molecule has 116 valence electrons. The minimum Gasteiger partial charge on any atom is -0.355 e. The lowest BCUT2D eigenvalue weighted by atomic mass is 10.1. The van der Waals surface area contributed by atoms with Crippen molar-refractivity contribution in [1.29, 1.82) is 0 Å². The van der Waals surface area contributed by atoms with Crippen LogP contribution in [0, 0.1) is 5.82 Å². The number of benzene rings is 2. The second-order valence-corrected chi connectivity index (χ2v) is 5.91. The number of nitrogens with zero attached hydrogens (tertiary/aromatic N) is 2. The lowest BCUT2D eigenvalue weighted by Gasteiger charge is -2.11. The fourth-order valence-corrected chi connectivity index (χ4v) is 3.01. The number of nitrogens with one attached hydrogen (secondary N) is 1. The first-order valence-corrected chi connectivity index (χ1v) is 7.97. The zero-order chi connectivity index (χ0) is 15.6. The second-order valence-electron chi connectivity index (χ2n) is 5.91. The van der Waals surface area contributed by atoms with Crippen molar-refractivity contribution in [3.8, 4) is 11.3 Å². The van der Waals surface area contributed by atoms with E-state index in [-0.39, 0.29) is 5.82 Å². The molecule has 0 spiro atoms. The molecule has 0 radical (unpaired) electrons. The van der Waals surface area contributed by atoms with Crippen LogP contribution >= 0.6 is 0 Å². The van der Waals surface area contributed by atoms with Crippen molar-refractivity contribution in [2.75, 3.05) is 5.32 Å². The summed E-state index contributed by atoms with van der Waals surface area (Å²) in [6, 6.07) is 14.6. The predicted octanol–water partition coefficient (Wildman–Crippen LogP) is 4.77. The van der Waals surface area contributed by atoms with Gasteiger partial charge in [0.2, 0.25) is 0 Å². The highest BCUT2D eigenvalue weighted by Crippen LogP contribution is 2.25. The molecule has 0 saturated carbocycles. The van der Waals surface area contributed by atoms with Gasteiger partial charge in [-0.3, -0.25) is 0 Å². The molecule has 1 aromatic heterocycles. The Kier molecular flexibility index (Phi) is 3.58. The van der Waals surface area contributed by atoms with E-state index >= 15 is 0 Å². The Morgan fingerprint density at radius 2 is 1.87 bits per heavy atom. The third-order valence-corrected chi connectivity index (χ3v) is 4.20. The van der Waals surface area contributed by atoms with Gasteiger partial charge in [-0.1, -0.05) is 18.2 Å². The molecule has 2 heterocycles. The predicted molar refractivity (Wildman–Crippen MR) is 90.3 cm³/mol. The average molecular weight is 307 g/mol.